The molecule has 2 nitrogen and oxygen atoms in total. The molecule has 0 atom stereocenters. The van der Waals surface area contributed by atoms with Gasteiger partial charge in [-0.15, -0.1) is 0 Å². The molecule has 1 aliphatic rings. The summed E-state index contributed by atoms with van der Waals surface area (Å²) in [5, 5.41) is 2.07. The summed E-state index contributed by atoms with van der Waals surface area (Å²) < 4.78 is 69.5. The fourth-order valence-corrected chi connectivity index (χ4v) is 6.86. The summed E-state index contributed by atoms with van der Waals surface area (Å²) in [6.07, 6.45) is 0. The molecule has 9 rings (SSSR count). The fourth-order valence-electron chi connectivity index (χ4n) is 6.86. The van der Waals surface area contributed by atoms with Crippen molar-refractivity contribution in [1.82, 2.24) is 0 Å². The van der Waals surface area contributed by atoms with E-state index in [1.807, 2.05) is 128 Å². The molecule has 0 fully saturated rings. The lowest BCUT2D eigenvalue weighted by Crippen LogP contribution is -2.16. The molecular formula is C45H33NO. The number of para-hydroxylation sites is 2. The molecule has 0 unspecified atom stereocenters. The Balaban J connectivity index is 1.25. The van der Waals surface area contributed by atoms with E-state index in [1.165, 1.54) is 0 Å². The molecule has 7 aromatic carbocycles. The Morgan fingerprint density at radius 3 is 1.94 bits per heavy atom. The minimum atomic E-state index is -1.05. The molecule has 8 aromatic rings. The number of furan rings is 1. The van der Waals surface area contributed by atoms with E-state index in [9.17, 15) is 4.11 Å². The fraction of sp³-hybridized carbons (Fsp3) is 0.0667. The number of nitrogens with zero attached hydrogens (tertiary/aromatic N) is 1. The van der Waals surface area contributed by atoms with Crippen molar-refractivity contribution in [3.8, 4) is 33.4 Å². The molecule has 0 saturated heterocycles. The second-order valence-electron chi connectivity index (χ2n) is 12.4. The predicted octanol–water partition coefficient (Wildman–Crippen LogP) is 12.7. The molecular weight excluding hydrogens is 571 g/mol. The largest absolute Gasteiger partial charge is 0.455 e. The van der Waals surface area contributed by atoms with E-state index >= 15 is 0 Å². The van der Waals surface area contributed by atoms with Gasteiger partial charge in [-0.3, -0.25) is 0 Å². The van der Waals surface area contributed by atoms with Gasteiger partial charge in [0.1, 0.15) is 11.2 Å². The van der Waals surface area contributed by atoms with Crippen LogP contribution in [0.1, 0.15) is 34.6 Å². The maximum atomic E-state index is 9.80. The first-order valence-electron chi connectivity index (χ1n) is 19.2. The summed E-state index contributed by atoms with van der Waals surface area (Å²) in [5.74, 6) is 0. The Labute approximate surface area is 285 Å². The van der Waals surface area contributed by atoms with Gasteiger partial charge in [0.25, 0.3) is 0 Å². The third-order valence-electron chi connectivity index (χ3n) is 9.28. The molecule has 0 radical (unpaired) electrons. The Hall–Kier alpha value is -5.86. The van der Waals surface area contributed by atoms with Crippen LogP contribution >= 0.6 is 0 Å². The van der Waals surface area contributed by atoms with Gasteiger partial charge in [0.2, 0.25) is 0 Å². The lowest BCUT2D eigenvalue weighted by Gasteiger charge is -2.28. The van der Waals surface area contributed by atoms with Crippen LogP contribution in [0.4, 0.5) is 17.1 Å². The first-order valence-corrected chi connectivity index (χ1v) is 15.7. The minimum absolute atomic E-state index is 0.00711. The van der Waals surface area contributed by atoms with Crippen LogP contribution in [0, 0.1) is 0 Å². The van der Waals surface area contributed by atoms with Gasteiger partial charge >= 0.3 is 0 Å². The molecule has 0 aliphatic heterocycles. The van der Waals surface area contributed by atoms with Crippen LogP contribution in [0.2, 0.25) is 0 Å². The molecule has 47 heavy (non-hydrogen) atoms. The summed E-state index contributed by atoms with van der Waals surface area (Å²) in [5.41, 5.74) is 7.15. The zero-order valence-corrected chi connectivity index (χ0v) is 25.9. The lowest BCUT2D eigenvalue weighted by molar-refractivity contribution is 0.660. The highest BCUT2D eigenvalue weighted by atomic mass is 16.3. The molecule has 0 amide bonds. The summed E-state index contributed by atoms with van der Waals surface area (Å²) in [6, 6.07) is 38.3. The van der Waals surface area contributed by atoms with Gasteiger partial charge in [-0.25, -0.2) is 0 Å². The van der Waals surface area contributed by atoms with Crippen LogP contribution < -0.4 is 4.90 Å². The van der Waals surface area contributed by atoms with Crippen molar-refractivity contribution in [3.63, 3.8) is 0 Å². The number of fused-ring (bicyclic) bond motifs is 6. The standard InChI is InChI=1S/C45H33NO/c1-45(2)41-17-8-6-13-37(41)38-28-27-35(29-42(38)45)46(33-23-19-31(20-24-33)30-11-4-3-5-12-30)34-25-21-32(22-26-34)36-15-10-16-40-39-14-7-9-18-43(39)47-44(36)40/h3-29H,1-2H3/i6D,8D,13D,17D,27D,28D,29D. The van der Waals surface area contributed by atoms with Gasteiger partial charge in [0.15, 0.2) is 0 Å². The average molecular weight is 611 g/mol. The third kappa shape index (κ3) is 4.40. The highest BCUT2D eigenvalue weighted by Gasteiger charge is 2.35. The second-order valence-corrected chi connectivity index (χ2v) is 12.4. The van der Waals surface area contributed by atoms with E-state index in [0.29, 0.717) is 22.5 Å². The monoisotopic (exact) mass is 610 g/mol. The van der Waals surface area contributed by atoms with Gasteiger partial charge in [-0.1, -0.05) is 135 Å². The van der Waals surface area contributed by atoms with Crippen molar-refractivity contribution in [2.75, 3.05) is 4.90 Å². The lowest BCUT2D eigenvalue weighted by atomic mass is 9.82. The quantitative estimate of drug-likeness (QED) is 0.193. The van der Waals surface area contributed by atoms with Crippen LogP contribution in [0.5, 0.6) is 0 Å². The smallest absolute Gasteiger partial charge is 0.143 e. The summed E-state index contributed by atoms with van der Waals surface area (Å²) in [7, 11) is 0. The number of benzene rings is 7. The molecule has 0 N–H and O–H groups in total. The Bertz CT molecular complexity index is 2810. The van der Waals surface area contributed by atoms with Crippen LogP contribution in [0.15, 0.2) is 168 Å². The average Bonchev–Trinajstić information content (AvgIpc) is 3.70. The molecule has 0 spiro atoms. The van der Waals surface area contributed by atoms with Crippen molar-refractivity contribution in [1.29, 1.82) is 0 Å². The van der Waals surface area contributed by atoms with E-state index in [-0.39, 0.29) is 53.1 Å². The summed E-state index contributed by atoms with van der Waals surface area (Å²) in [6.45, 7) is 3.66. The van der Waals surface area contributed by atoms with Crippen LogP contribution in [-0.2, 0) is 5.41 Å². The minimum Gasteiger partial charge on any atom is -0.455 e. The maximum absolute atomic E-state index is 9.80. The predicted molar refractivity (Wildman–Crippen MR) is 197 cm³/mol. The van der Waals surface area contributed by atoms with Gasteiger partial charge < -0.3 is 9.32 Å². The van der Waals surface area contributed by atoms with Crippen LogP contribution in [0.25, 0.3) is 55.3 Å². The molecule has 0 bridgehead atoms. The maximum Gasteiger partial charge on any atom is 0.143 e. The normalized spacial score (nSPS) is 15.1. The zero-order chi connectivity index (χ0) is 37.6. The van der Waals surface area contributed by atoms with Gasteiger partial charge in [0.05, 0.1) is 9.60 Å². The van der Waals surface area contributed by atoms with Crippen molar-refractivity contribution in [2.24, 2.45) is 0 Å². The van der Waals surface area contributed by atoms with Gasteiger partial charge in [-0.2, -0.15) is 0 Å². The van der Waals surface area contributed by atoms with Crippen LogP contribution in [0.3, 0.4) is 0 Å². The Kier molecular flexibility index (Phi) is 4.75. The van der Waals surface area contributed by atoms with E-state index in [2.05, 4.69) is 12.1 Å². The molecule has 2 heteroatoms. The molecule has 1 aliphatic carbocycles. The number of hydrogen-bond acceptors (Lipinski definition) is 2. The Morgan fingerprint density at radius 1 is 0.511 bits per heavy atom. The number of anilines is 3. The molecule has 1 aromatic heterocycles. The summed E-state index contributed by atoms with van der Waals surface area (Å²) in [4.78, 5) is 1.83. The van der Waals surface area contributed by atoms with E-state index in [0.717, 1.165) is 44.2 Å². The SMILES string of the molecule is [2H]c1c([2H])c([2H])c2c(c1[2H])-c1c([2H])c([2H])c(N(c3ccc(-c4ccccc4)cc3)c3ccc(-c4cccc5c4oc4ccccc45)cc3)c([2H])c1C2(C)C. The van der Waals surface area contributed by atoms with Crippen LogP contribution in [-0.4, -0.2) is 0 Å². The zero-order valence-electron chi connectivity index (χ0n) is 32.9. The molecule has 224 valence electrons. The highest BCUT2D eigenvalue weighted by Crippen LogP contribution is 2.50. The Morgan fingerprint density at radius 2 is 1.15 bits per heavy atom. The third-order valence-corrected chi connectivity index (χ3v) is 9.28. The van der Waals surface area contributed by atoms with Gasteiger partial charge in [-0.05, 0) is 81.4 Å². The molecule has 1 heterocycles. The van der Waals surface area contributed by atoms with E-state index < -0.39 is 11.5 Å². The number of rotatable bonds is 5. The van der Waals surface area contributed by atoms with Crippen molar-refractivity contribution in [3.05, 3.63) is 175 Å². The van der Waals surface area contributed by atoms with Crippen molar-refractivity contribution < 1.29 is 14.0 Å². The number of hydrogen-bond donors (Lipinski definition) is 0. The van der Waals surface area contributed by atoms with Crippen molar-refractivity contribution in [2.45, 2.75) is 19.3 Å². The first-order chi connectivity index (χ1) is 26.0. The topological polar surface area (TPSA) is 16.4 Å². The van der Waals surface area contributed by atoms with E-state index in [1.54, 1.807) is 0 Å². The highest BCUT2D eigenvalue weighted by molar-refractivity contribution is 6.09. The first kappa shape index (κ1) is 21.0. The molecule has 0 saturated carbocycles. The van der Waals surface area contributed by atoms with E-state index in [4.69, 9.17) is 9.90 Å². The van der Waals surface area contributed by atoms with Gasteiger partial charge in [0, 0.05) is 38.8 Å². The second kappa shape index (κ2) is 10.6. The summed E-state index contributed by atoms with van der Waals surface area (Å²) >= 11 is 0. The van der Waals surface area contributed by atoms with Crippen molar-refractivity contribution >= 4 is 39.0 Å².